The number of unbranched alkanes of at least 4 members (excludes halogenated alkanes) is 1. The lowest BCUT2D eigenvalue weighted by atomic mass is 10.2. The van der Waals surface area contributed by atoms with Crippen LogP contribution in [0.15, 0.2) is 74.4 Å². The molecule has 1 atom stereocenters. The van der Waals surface area contributed by atoms with Gasteiger partial charge in [0.25, 0.3) is 0 Å². The molecule has 0 saturated carbocycles. The zero-order chi connectivity index (χ0) is 25.4. The summed E-state index contributed by atoms with van der Waals surface area (Å²) in [6.45, 7) is 18.8. The minimum atomic E-state index is -0.935. The Bertz CT molecular complexity index is 680. The lowest BCUT2D eigenvalue weighted by Gasteiger charge is -2.02. The smallest absolute Gasteiger partial charge is 0.330 e. The number of hydrogen-bond donors (Lipinski definition) is 2. The fourth-order valence-corrected chi connectivity index (χ4v) is 1.23. The van der Waals surface area contributed by atoms with Crippen LogP contribution < -0.4 is 0 Å². The molecule has 0 fully saturated rings. The van der Waals surface area contributed by atoms with Crippen molar-refractivity contribution in [2.45, 2.75) is 39.7 Å². The van der Waals surface area contributed by atoms with Crippen LogP contribution in [0.2, 0.25) is 0 Å². The van der Waals surface area contributed by atoms with Gasteiger partial charge in [-0.2, -0.15) is 0 Å². The number of carboxylic acid groups (broad SMARTS) is 1. The van der Waals surface area contributed by atoms with E-state index >= 15 is 0 Å². The van der Waals surface area contributed by atoms with Crippen molar-refractivity contribution in [1.82, 2.24) is 0 Å². The zero-order valence-electron chi connectivity index (χ0n) is 19.3. The average molecular weight is 449 g/mol. The molecule has 0 aromatic heterocycles. The highest BCUT2D eigenvalue weighted by molar-refractivity contribution is 5.84. The number of aliphatic carboxylic acids is 1. The second-order valence-electron chi connectivity index (χ2n) is 6.11. The summed E-state index contributed by atoms with van der Waals surface area (Å²) >= 11 is 0. The molecular weight excluding hydrogens is 412 g/mol. The van der Waals surface area contributed by atoms with Crippen LogP contribution in [-0.2, 0) is 23.9 Å². The van der Waals surface area contributed by atoms with Crippen molar-refractivity contribution in [3.05, 3.63) is 79.9 Å². The maximum absolute atomic E-state index is 10.3. The maximum atomic E-state index is 10.3. The van der Waals surface area contributed by atoms with Gasteiger partial charge in [-0.15, -0.1) is 0 Å². The number of carbonyl (C=O) groups is 3. The van der Waals surface area contributed by atoms with Crippen molar-refractivity contribution >= 4 is 24.0 Å². The van der Waals surface area contributed by atoms with Crippen LogP contribution in [0, 0.1) is 0 Å². The quantitative estimate of drug-likeness (QED) is 0.323. The van der Waals surface area contributed by atoms with Gasteiger partial charge in [-0.05, 0) is 25.8 Å². The van der Waals surface area contributed by atoms with Crippen LogP contribution in [0.25, 0.3) is 6.08 Å². The van der Waals surface area contributed by atoms with Gasteiger partial charge in [0, 0.05) is 17.7 Å². The molecule has 1 aromatic rings. The predicted octanol–water partition coefficient (Wildman–Crippen LogP) is 4.59. The molecule has 2 N–H and O–H groups in total. The normalized spacial score (nSPS) is 9.38. The predicted molar refractivity (Wildman–Crippen MR) is 128 cm³/mol. The zero-order valence-corrected chi connectivity index (χ0v) is 19.3. The summed E-state index contributed by atoms with van der Waals surface area (Å²) in [6.07, 6.45) is 5.44. The van der Waals surface area contributed by atoms with E-state index in [-0.39, 0.29) is 18.1 Å². The molecule has 0 bridgehead atoms. The second-order valence-corrected chi connectivity index (χ2v) is 6.11. The third-order valence-corrected chi connectivity index (χ3v) is 2.94. The third-order valence-electron chi connectivity index (χ3n) is 2.94. The van der Waals surface area contributed by atoms with Crippen LogP contribution in [0.3, 0.4) is 0 Å². The molecule has 0 aliphatic rings. The summed E-state index contributed by atoms with van der Waals surface area (Å²) in [5.41, 5.74) is 1.35. The largest absolute Gasteiger partial charge is 0.478 e. The number of carbonyl (C=O) groups excluding carboxylic acids is 2. The number of benzene rings is 1. The van der Waals surface area contributed by atoms with Gasteiger partial charge >= 0.3 is 17.9 Å². The summed E-state index contributed by atoms with van der Waals surface area (Å²) in [4.78, 5) is 30.2. The molecule has 0 aliphatic carbocycles. The van der Waals surface area contributed by atoms with Crippen LogP contribution >= 0.6 is 0 Å². The van der Waals surface area contributed by atoms with Crippen LogP contribution in [-0.4, -0.2) is 47.4 Å². The van der Waals surface area contributed by atoms with E-state index in [0.717, 1.165) is 18.9 Å². The highest BCUT2D eigenvalue weighted by Crippen LogP contribution is 1.97. The number of hydrogen-bond acceptors (Lipinski definition) is 6. The molecule has 1 rings (SSSR count). The van der Waals surface area contributed by atoms with Crippen LogP contribution in [0.4, 0.5) is 0 Å². The van der Waals surface area contributed by atoms with Crippen molar-refractivity contribution in [1.29, 1.82) is 0 Å². The van der Waals surface area contributed by atoms with Gasteiger partial charge in [0.15, 0.2) is 0 Å². The molecule has 0 saturated heterocycles. The monoisotopic (exact) mass is 448 g/mol. The molecule has 178 valence electrons. The lowest BCUT2D eigenvalue weighted by Crippen LogP contribution is -2.13. The van der Waals surface area contributed by atoms with Crippen molar-refractivity contribution in [2.24, 2.45) is 0 Å². The minimum absolute atomic E-state index is 0.0326. The molecule has 7 heteroatoms. The first-order valence-corrected chi connectivity index (χ1v) is 9.88. The maximum Gasteiger partial charge on any atom is 0.330 e. The Morgan fingerprint density at radius 2 is 1.50 bits per heavy atom. The molecular formula is C25H36O7. The topological polar surface area (TPSA) is 110 Å². The van der Waals surface area contributed by atoms with Crippen molar-refractivity contribution < 1.29 is 34.1 Å². The number of aliphatic hydroxyl groups excluding tert-OH is 1. The third kappa shape index (κ3) is 28.8. The standard InChI is InChI=1S/C8H8.C7H12O2.C6H10O3.C4H6O2/c1-2-8-6-4-3-5-7-8;1-3-5-6-9-7(8)4-2;1-3-6(8)9-4-5(2)7;1-3(2)4(5)6/h2-7H,1H2;4H,2-3,5-6H2,1H3;3,5,7H,1,4H2,2H3;1H2,2H3,(H,5,6). The van der Waals surface area contributed by atoms with Crippen LogP contribution in [0.5, 0.6) is 0 Å². The summed E-state index contributed by atoms with van der Waals surface area (Å²) in [5, 5.41) is 16.5. The summed E-state index contributed by atoms with van der Waals surface area (Å²) < 4.78 is 9.12. The second kappa shape index (κ2) is 23.8. The fourth-order valence-electron chi connectivity index (χ4n) is 1.23. The molecule has 7 nitrogen and oxygen atoms in total. The van der Waals surface area contributed by atoms with Gasteiger partial charge in [-0.25, -0.2) is 14.4 Å². The van der Waals surface area contributed by atoms with E-state index in [0.29, 0.717) is 6.61 Å². The van der Waals surface area contributed by atoms with Gasteiger partial charge < -0.3 is 19.7 Å². The first-order valence-electron chi connectivity index (χ1n) is 9.88. The first kappa shape index (κ1) is 33.2. The van der Waals surface area contributed by atoms with E-state index in [1.54, 1.807) is 0 Å². The van der Waals surface area contributed by atoms with E-state index in [2.05, 4.69) is 35.8 Å². The van der Waals surface area contributed by atoms with E-state index in [1.807, 2.05) is 43.3 Å². The highest BCUT2D eigenvalue weighted by atomic mass is 16.5. The van der Waals surface area contributed by atoms with E-state index < -0.39 is 18.0 Å². The molecule has 0 amide bonds. The molecule has 0 heterocycles. The number of esters is 2. The summed E-state index contributed by atoms with van der Waals surface area (Å²) in [5.74, 6) is -1.77. The van der Waals surface area contributed by atoms with Crippen LogP contribution in [0.1, 0.15) is 39.2 Å². The Labute approximate surface area is 191 Å². The van der Waals surface area contributed by atoms with Gasteiger partial charge in [-0.3, -0.25) is 0 Å². The number of ether oxygens (including phenoxy) is 2. The van der Waals surface area contributed by atoms with E-state index in [9.17, 15) is 14.4 Å². The number of rotatable bonds is 9. The molecule has 0 radical (unpaired) electrons. The van der Waals surface area contributed by atoms with Gasteiger partial charge in [0.05, 0.1) is 12.7 Å². The van der Waals surface area contributed by atoms with Crippen molar-refractivity contribution in [2.75, 3.05) is 13.2 Å². The fraction of sp³-hybridized carbons (Fsp3) is 0.320. The Morgan fingerprint density at radius 1 is 1.03 bits per heavy atom. The molecule has 32 heavy (non-hydrogen) atoms. The van der Waals surface area contributed by atoms with E-state index in [4.69, 9.17) is 10.2 Å². The molecule has 1 aromatic carbocycles. The van der Waals surface area contributed by atoms with Gasteiger partial charge in [0.1, 0.15) is 6.61 Å². The Morgan fingerprint density at radius 3 is 1.81 bits per heavy atom. The Hall–Kier alpha value is -3.45. The van der Waals surface area contributed by atoms with Crippen molar-refractivity contribution in [3.63, 3.8) is 0 Å². The first-order chi connectivity index (χ1) is 15.0. The van der Waals surface area contributed by atoms with Gasteiger partial charge in [-0.1, -0.05) is 76.1 Å². The average Bonchev–Trinajstić information content (AvgIpc) is 2.79. The lowest BCUT2D eigenvalue weighted by molar-refractivity contribution is -0.140. The van der Waals surface area contributed by atoms with E-state index in [1.165, 1.54) is 25.5 Å². The highest BCUT2D eigenvalue weighted by Gasteiger charge is 1.98. The number of aliphatic hydroxyl groups is 1. The van der Waals surface area contributed by atoms with Crippen molar-refractivity contribution in [3.8, 4) is 0 Å². The summed E-state index contributed by atoms with van der Waals surface area (Å²) in [6, 6.07) is 10.0. The SMILES string of the molecule is C=C(C)C(=O)O.C=CC(=O)OCC(C)O.C=CC(=O)OCCCC.C=Cc1ccccc1. The molecule has 1 unspecified atom stereocenters. The van der Waals surface area contributed by atoms with Gasteiger partial charge in [0.2, 0.25) is 0 Å². The number of carboxylic acids is 1. The summed E-state index contributed by atoms with van der Waals surface area (Å²) in [7, 11) is 0. The Kier molecular flexibility index (Phi) is 24.7. The minimum Gasteiger partial charge on any atom is -0.478 e. The Balaban J connectivity index is -0.000000354. The molecule has 0 spiro atoms. The molecule has 0 aliphatic heterocycles.